The van der Waals surface area contributed by atoms with Crippen LogP contribution in [-0.4, -0.2) is 53.1 Å². The summed E-state index contributed by atoms with van der Waals surface area (Å²) in [6.07, 6.45) is 0.727. The van der Waals surface area contributed by atoms with Crippen LogP contribution < -0.4 is 0 Å². The van der Waals surface area contributed by atoms with Crippen molar-refractivity contribution in [1.82, 2.24) is 4.90 Å². The van der Waals surface area contributed by atoms with E-state index >= 15 is 0 Å². The van der Waals surface area contributed by atoms with Gasteiger partial charge in [-0.25, -0.2) is 4.79 Å². The van der Waals surface area contributed by atoms with Crippen molar-refractivity contribution in [1.29, 1.82) is 0 Å². The van der Waals surface area contributed by atoms with E-state index in [-0.39, 0.29) is 6.09 Å². The molecule has 1 amide bonds. The maximum atomic E-state index is 12.1. The van der Waals surface area contributed by atoms with Crippen LogP contribution in [0, 0.1) is 0 Å². The summed E-state index contributed by atoms with van der Waals surface area (Å²) in [6, 6.07) is 0. The first-order chi connectivity index (χ1) is 7.85. The highest BCUT2D eigenvalue weighted by molar-refractivity contribution is 5.70. The van der Waals surface area contributed by atoms with Gasteiger partial charge in [-0.05, 0) is 33.6 Å². The Bertz CT molecular complexity index is 308. The van der Waals surface area contributed by atoms with E-state index in [1.54, 1.807) is 4.90 Å². The molecule has 5 nitrogen and oxygen atoms in total. The Balaban J connectivity index is 2.12. The minimum Gasteiger partial charge on any atom is -0.444 e. The number of aliphatic hydroxyl groups is 1. The summed E-state index contributed by atoms with van der Waals surface area (Å²) in [7, 11) is 0. The SMILES string of the molecule is CC(C)(C)OC(=O)N1CCCC12COCC2O. The standard InChI is InChI=1S/C12H21NO4/c1-11(2,3)17-10(15)13-6-4-5-12(13)8-16-7-9(12)14/h9,14H,4-8H2,1-3H3. The van der Waals surface area contributed by atoms with Crippen LogP contribution >= 0.6 is 0 Å². The molecule has 2 rings (SSSR count). The molecular weight excluding hydrogens is 222 g/mol. The smallest absolute Gasteiger partial charge is 0.410 e. The van der Waals surface area contributed by atoms with Crippen LogP contribution in [0.15, 0.2) is 0 Å². The van der Waals surface area contributed by atoms with Crippen molar-refractivity contribution >= 4 is 6.09 Å². The van der Waals surface area contributed by atoms with Gasteiger partial charge in [0, 0.05) is 6.54 Å². The third-order valence-electron chi connectivity index (χ3n) is 3.39. The fourth-order valence-electron chi connectivity index (χ4n) is 2.59. The summed E-state index contributed by atoms with van der Waals surface area (Å²) in [5.41, 5.74) is -1.06. The number of hydrogen-bond acceptors (Lipinski definition) is 4. The van der Waals surface area contributed by atoms with Crippen molar-refractivity contribution in [3.05, 3.63) is 0 Å². The van der Waals surface area contributed by atoms with E-state index in [1.807, 2.05) is 20.8 Å². The van der Waals surface area contributed by atoms with Crippen LogP contribution in [0.2, 0.25) is 0 Å². The third-order valence-corrected chi connectivity index (χ3v) is 3.39. The molecule has 0 aromatic rings. The number of ether oxygens (including phenoxy) is 2. The molecular formula is C12H21NO4. The van der Waals surface area contributed by atoms with E-state index in [9.17, 15) is 9.90 Å². The molecule has 0 aromatic heterocycles. The number of hydrogen-bond donors (Lipinski definition) is 1. The van der Waals surface area contributed by atoms with Gasteiger partial charge in [-0.2, -0.15) is 0 Å². The van der Waals surface area contributed by atoms with Crippen LogP contribution in [0.3, 0.4) is 0 Å². The van der Waals surface area contributed by atoms with E-state index in [0.717, 1.165) is 12.8 Å². The van der Waals surface area contributed by atoms with Gasteiger partial charge in [-0.1, -0.05) is 0 Å². The van der Waals surface area contributed by atoms with Crippen LogP contribution in [0.4, 0.5) is 4.79 Å². The summed E-state index contributed by atoms with van der Waals surface area (Å²) in [6.45, 7) is 6.88. The quantitative estimate of drug-likeness (QED) is 0.693. The molecule has 0 bridgehead atoms. The second-order valence-electron chi connectivity index (χ2n) is 5.87. The molecule has 2 atom stereocenters. The highest BCUT2D eigenvalue weighted by Gasteiger charge is 2.53. The zero-order chi connectivity index (χ0) is 12.7. The predicted octanol–water partition coefficient (Wildman–Crippen LogP) is 1.15. The lowest BCUT2D eigenvalue weighted by Gasteiger charge is -2.37. The lowest BCUT2D eigenvalue weighted by Crippen LogP contribution is -2.55. The molecule has 1 N–H and O–H groups in total. The Labute approximate surface area is 102 Å². The first-order valence-electron chi connectivity index (χ1n) is 6.12. The number of aliphatic hydroxyl groups excluding tert-OH is 1. The van der Waals surface area contributed by atoms with Crippen LogP contribution in [0.25, 0.3) is 0 Å². The lowest BCUT2D eigenvalue weighted by molar-refractivity contribution is -0.0154. The summed E-state index contributed by atoms with van der Waals surface area (Å²) in [5, 5.41) is 10.0. The number of carbonyl (C=O) groups is 1. The Hall–Kier alpha value is -0.810. The lowest BCUT2D eigenvalue weighted by atomic mass is 9.93. The Morgan fingerprint density at radius 3 is 2.76 bits per heavy atom. The predicted molar refractivity (Wildman–Crippen MR) is 61.7 cm³/mol. The average molecular weight is 243 g/mol. The molecule has 17 heavy (non-hydrogen) atoms. The van der Waals surface area contributed by atoms with E-state index in [4.69, 9.17) is 9.47 Å². The molecule has 2 aliphatic rings. The van der Waals surface area contributed by atoms with Crippen molar-refractivity contribution < 1.29 is 19.4 Å². The molecule has 2 saturated heterocycles. The van der Waals surface area contributed by atoms with Crippen molar-refractivity contribution in [3.8, 4) is 0 Å². The normalized spacial score (nSPS) is 33.4. The molecule has 0 radical (unpaired) electrons. The number of likely N-dealkylation sites (tertiary alicyclic amines) is 1. The molecule has 2 unspecified atom stereocenters. The Morgan fingerprint density at radius 2 is 2.24 bits per heavy atom. The van der Waals surface area contributed by atoms with Crippen LogP contribution in [0.1, 0.15) is 33.6 Å². The van der Waals surface area contributed by atoms with Gasteiger partial charge < -0.3 is 14.6 Å². The second kappa shape index (κ2) is 4.14. The number of amides is 1. The van der Waals surface area contributed by atoms with Gasteiger partial charge in [0.1, 0.15) is 11.7 Å². The monoisotopic (exact) mass is 243 g/mol. The maximum absolute atomic E-state index is 12.1. The van der Waals surface area contributed by atoms with Crippen molar-refractivity contribution in [3.63, 3.8) is 0 Å². The third kappa shape index (κ3) is 2.26. The summed E-state index contributed by atoms with van der Waals surface area (Å²) >= 11 is 0. The zero-order valence-electron chi connectivity index (χ0n) is 10.7. The summed E-state index contributed by atoms with van der Waals surface area (Å²) in [4.78, 5) is 13.8. The van der Waals surface area contributed by atoms with Crippen molar-refractivity contribution in [2.75, 3.05) is 19.8 Å². The second-order valence-corrected chi connectivity index (χ2v) is 5.87. The van der Waals surface area contributed by atoms with Gasteiger partial charge in [-0.15, -0.1) is 0 Å². The topological polar surface area (TPSA) is 59.0 Å². The molecule has 0 aromatic carbocycles. The number of carbonyl (C=O) groups excluding carboxylic acids is 1. The number of nitrogens with zero attached hydrogens (tertiary/aromatic N) is 1. The molecule has 0 aliphatic carbocycles. The molecule has 98 valence electrons. The maximum Gasteiger partial charge on any atom is 0.410 e. The largest absolute Gasteiger partial charge is 0.444 e. The first-order valence-corrected chi connectivity index (χ1v) is 6.12. The van der Waals surface area contributed by atoms with Crippen molar-refractivity contribution in [2.24, 2.45) is 0 Å². The molecule has 2 heterocycles. The van der Waals surface area contributed by atoms with Crippen LogP contribution in [-0.2, 0) is 9.47 Å². The summed E-state index contributed by atoms with van der Waals surface area (Å²) in [5.74, 6) is 0. The Kier molecular flexibility index (Phi) is 3.08. The zero-order valence-corrected chi connectivity index (χ0v) is 10.7. The molecule has 2 fully saturated rings. The average Bonchev–Trinajstić information content (AvgIpc) is 2.74. The summed E-state index contributed by atoms with van der Waals surface area (Å²) < 4.78 is 10.7. The molecule has 5 heteroatoms. The number of rotatable bonds is 0. The minimum absolute atomic E-state index is 0.305. The van der Waals surface area contributed by atoms with Gasteiger partial charge in [0.05, 0.1) is 18.8 Å². The van der Waals surface area contributed by atoms with Crippen LogP contribution in [0.5, 0.6) is 0 Å². The fourth-order valence-corrected chi connectivity index (χ4v) is 2.59. The fraction of sp³-hybridized carbons (Fsp3) is 0.917. The van der Waals surface area contributed by atoms with Gasteiger partial charge >= 0.3 is 6.09 Å². The molecule has 0 saturated carbocycles. The highest BCUT2D eigenvalue weighted by Crippen LogP contribution is 2.37. The molecule has 1 spiro atoms. The van der Waals surface area contributed by atoms with Gasteiger partial charge in [-0.3, -0.25) is 4.90 Å². The Morgan fingerprint density at radius 1 is 1.53 bits per heavy atom. The highest BCUT2D eigenvalue weighted by atomic mass is 16.6. The van der Waals surface area contributed by atoms with Gasteiger partial charge in [0.2, 0.25) is 0 Å². The first kappa shape index (κ1) is 12.6. The van der Waals surface area contributed by atoms with Gasteiger partial charge in [0.25, 0.3) is 0 Å². The minimum atomic E-state index is -0.600. The van der Waals surface area contributed by atoms with E-state index < -0.39 is 17.2 Å². The van der Waals surface area contributed by atoms with E-state index in [2.05, 4.69) is 0 Å². The van der Waals surface area contributed by atoms with Crippen molar-refractivity contribution in [2.45, 2.75) is 50.9 Å². The van der Waals surface area contributed by atoms with Gasteiger partial charge in [0.15, 0.2) is 0 Å². The van der Waals surface area contributed by atoms with E-state index in [1.165, 1.54) is 0 Å². The van der Waals surface area contributed by atoms with E-state index in [0.29, 0.717) is 19.8 Å². The molecule has 2 aliphatic heterocycles.